The van der Waals surface area contributed by atoms with Gasteiger partial charge in [0.1, 0.15) is 6.04 Å². The Morgan fingerprint density at radius 1 is 1.73 bits per heavy atom. The summed E-state index contributed by atoms with van der Waals surface area (Å²) < 4.78 is 7.72. The predicted molar refractivity (Wildman–Crippen MR) is 87.4 cm³/mol. The minimum absolute atomic E-state index is 0.0780. The van der Waals surface area contributed by atoms with Gasteiger partial charge >= 0.3 is 0 Å². The number of aromatic nitrogens is 3. The molecule has 2 aromatic rings. The third kappa shape index (κ3) is 3.13. The second kappa shape index (κ2) is 6.72. The molecule has 118 valence electrons. The maximum absolute atomic E-state index is 12.4. The van der Waals surface area contributed by atoms with Crippen LogP contribution in [0.2, 0.25) is 0 Å². The zero-order chi connectivity index (χ0) is 15.5. The second-order valence-corrected chi connectivity index (χ2v) is 6.59. The van der Waals surface area contributed by atoms with Gasteiger partial charge in [-0.3, -0.25) is 14.5 Å². The average Bonchev–Trinajstić information content (AvgIpc) is 3.25. The third-order valence-corrected chi connectivity index (χ3v) is 4.89. The molecule has 3 heterocycles. The van der Waals surface area contributed by atoms with Crippen LogP contribution in [0.15, 0.2) is 17.5 Å². The molecule has 2 atom stereocenters. The summed E-state index contributed by atoms with van der Waals surface area (Å²) >= 11 is 6.84. The summed E-state index contributed by atoms with van der Waals surface area (Å²) in [6.45, 7) is 3.15. The maximum Gasteiger partial charge on any atom is 0.243 e. The minimum atomic E-state index is -0.426. The first kappa shape index (κ1) is 15.4. The molecular weight excluding hydrogens is 320 g/mol. The minimum Gasteiger partial charge on any atom is -0.376 e. The van der Waals surface area contributed by atoms with E-state index in [4.69, 9.17) is 17.0 Å². The Morgan fingerprint density at radius 3 is 3.27 bits per heavy atom. The fourth-order valence-corrected chi connectivity index (χ4v) is 3.53. The van der Waals surface area contributed by atoms with Crippen molar-refractivity contribution in [2.24, 2.45) is 0 Å². The lowest BCUT2D eigenvalue weighted by molar-refractivity contribution is -0.124. The summed E-state index contributed by atoms with van der Waals surface area (Å²) in [5, 5.41) is 11.9. The largest absolute Gasteiger partial charge is 0.376 e. The van der Waals surface area contributed by atoms with E-state index in [1.54, 1.807) is 15.9 Å². The number of H-pyrrole nitrogens is 1. The average molecular weight is 338 g/mol. The number of rotatable bonds is 5. The molecule has 0 aromatic carbocycles. The van der Waals surface area contributed by atoms with Crippen LogP contribution in [0.25, 0.3) is 10.7 Å². The third-order valence-electron chi connectivity index (χ3n) is 3.74. The highest BCUT2D eigenvalue weighted by molar-refractivity contribution is 7.71. The van der Waals surface area contributed by atoms with Gasteiger partial charge in [0.05, 0.1) is 11.0 Å². The number of nitrogens with one attached hydrogen (secondary N) is 2. The number of hydrogen-bond donors (Lipinski definition) is 2. The molecule has 22 heavy (non-hydrogen) atoms. The highest BCUT2D eigenvalue weighted by Gasteiger charge is 2.23. The van der Waals surface area contributed by atoms with Crippen LogP contribution < -0.4 is 5.32 Å². The van der Waals surface area contributed by atoms with Crippen molar-refractivity contribution in [2.45, 2.75) is 31.9 Å². The van der Waals surface area contributed by atoms with Gasteiger partial charge in [0.2, 0.25) is 5.91 Å². The van der Waals surface area contributed by atoms with Crippen molar-refractivity contribution >= 4 is 29.5 Å². The van der Waals surface area contributed by atoms with Crippen LogP contribution in [0.4, 0.5) is 0 Å². The van der Waals surface area contributed by atoms with Crippen molar-refractivity contribution < 1.29 is 9.53 Å². The van der Waals surface area contributed by atoms with Crippen molar-refractivity contribution in [3.05, 3.63) is 22.3 Å². The molecule has 6 nitrogen and oxygen atoms in total. The van der Waals surface area contributed by atoms with Crippen LogP contribution in [0.5, 0.6) is 0 Å². The SMILES string of the molecule is C[C@H](C(=O)NC[C@@H]1CCCO1)n1c(-c2cccs2)n[nH]c1=S. The predicted octanol–water partition coefficient (Wildman–Crippen LogP) is 2.53. The summed E-state index contributed by atoms with van der Waals surface area (Å²) in [7, 11) is 0. The Hall–Kier alpha value is -1.51. The molecule has 1 aliphatic rings. The van der Waals surface area contributed by atoms with Crippen LogP contribution in [0.3, 0.4) is 0 Å². The van der Waals surface area contributed by atoms with Gasteiger partial charge in [0.25, 0.3) is 0 Å². The van der Waals surface area contributed by atoms with E-state index in [9.17, 15) is 4.79 Å². The van der Waals surface area contributed by atoms with E-state index in [2.05, 4.69) is 15.5 Å². The van der Waals surface area contributed by atoms with E-state index >= 15 is 0 Å². The molecule has 1 saturated heterocycles. The monoisotopic (exact) mass is 338 g/mol. The number of carbonyl (C=O) groups excluding carboxylic acids is 1. The Balaban J connectivity index is 1.74. The lowest BCUT2D eigenvalue weighted by atomic mass is 10.2. The highest BCUT2D eigenvalue weighted by atomic mass is 32.1. The smallest absolute Gasteiger partial charge is 0.243 e. The molecule has 0 spiro atoms. The van der Waals surface area contributed by atoms with Crippen LogP contribution in [0, 0.1) is 4.77 Å². The Morgan fingerprint density at radius 2 is 2.59 bits per heavy atom. The van der Waals surface area contributed by atoms with Crippen LogP contribution in [-0.4, -0.2) is 39.9 Å². The molecular formula is C14H18N4O2S2. The molecule has 0 aliphatic carbocycles. The van der Waals surface area contributed by atoms with Gasteiger partial charge in [-0.1, -0.05) is 6.07 Å². The lowest BCUT2D eigenvalue weighted by Gasteiger charge is -2.17. The fraction of sp³-hybridized carbons (Fsp3) is 0.500. The van der Waals surface area contributed by atoms with Gasteiger partial charge in [-0.2, -0.15) is 5.10 Å². The molecule has 0 radical (unpaired) electrons. The number of nitrogens with zero attached hydrogens (tertiary/aromatic N) is 2. The zero-order valence-corrected chi connectivity index (χ0v) is 13.9. The molecule has 3 rings (SSSR count). The Bertz CT molecular complexity index is 686. The number of ether oxygens (including phenoxy) is 1. The molecule has 1 fully saturated rings. The quantitative estimate of drug-likeness (QED) is 0.822. The maximum atomic E-state index is 12.4. The van der Waals surface area contributed by atoms with Crippen LogP contribution >= 0.6 is 23.6 Å². The van der Waals surface area contributed by atoms with Gasteiger partial charge in [-0.25, -0.2) is 0 Å². The van der Waals surface area contributed by atoms with Crippen LogP contribution in [0.1, 0.15) is 25.8 Å². The number of carbonyl (C=O) groups is 1. The van der Waals surface area contributed by atoms with E-state index in [0.29, 0.717) is 17.1 Å². The molecule has 0 saturated carbocycles. The van der Waals surface area contributed by atoms with Crippen LogP contribution in [-0.2, 0) is 9.53 Å². The lowest BCUT2D eigenvalue weighted by Crippen LogP contribution is -2.36. The second-order valence-electron chi connectivity index (χ2n) is 5.26. The fourth-order valence-electron chi connectivity index (χ4n) is 2.53. The molecule has 8 heteroatoms. The summed E-state index contributed by atoms with van der Waals surface area (Å²) in [6, 6.07) is 3.48. The summed E-state index contributed by atoms with van der Waals surface area (Å²) in [5.41, 5.74) is 0. The van der Waals surface area contributed by atoms with E-state index in [0.717, 1.165) is 24.3 Å². The van der Waals surface area contributed by atoms with Gasteiger partial charge < -0.3 is 10.1 Å². The van der Waals surface area contributed by atoms with Crippen molar-refractivity contribution in [3.8, 4) is 10.7 Å². The van der Waals surface area contributed by atoms with E-state index < -0.39 is 6.04 Å². The van der Waals surface area contributed by atoms with Crippen molar-refractivity contribution in [2.75, 3.05) is 13.2 Å². The molecule has 0 bridgehead atoms. The number of hydrogen-bond acceptors (Lipinski definition) is 5. The summed E-state index contributed by atoms with van der Waals surface area (Å²) in [4.78, 5) is 13.4. The van der Waals surface area contributed by atoms with Gasteiger partial charge in [0.15, 0.2) is 10.6 Å². The normalized spacial score (nSPS) is 19.2. The Labute approximate surface area is 137 Å². The standard InChI is InChI=1S/C14H18N4O2S2/c1-9(13(19)15-8-10-4-2-6-20-10)18-12(16-17-14(18)21)11-5-3-7-22-11/h3,5,7,9-10H,2,4,6,8H2,1H3,(H,15,19)(H,17,21)/t9-,10+/m1/s1. The highest BCUT2D eigenvalue weighted by Crippen LogP contribution is 2.25. The number of thiophene rings is 1. The molecule has 1 amide bonds. The molecule has 1 aliphatic heterocycles. The van der Waals surface area contributed by atoms with E-state index in [1.165, 1.54) is 0 Å². The zero-order valence-electron chi connectivity index (χ0n) is 12.2. The number of aromatic amines is 1. The Kier molecular flexibility index (Phi) is 4.70. The van der Waals surface area contributed by atoms with E-state index in [1.807, 2.05) is 24.4 Å². The van der Waals surface area contributed by atoms with Gasteiger partial charge in [-0.15, -0.1) is 11.3 Å². The molecule has 0 unspecified atom stereocenters. The first-order valence-corrected chi connectivity index (χ1v) is 8.55. The molecule has 2 aromatic heterocycles. The van der Waals surface area contributed by atoms with E-state index in [-0.39, 0.29) is 12.0 Å². The van der Waals surface area contributed by atoms with Crippen molar-refractivity contribution in [1.29, 1.82) is 0 Å². The topological polar surface area (TPSA) is 71.9 Å². The number of amides is 1. The first-order valence-electron chi connectivity index (χ1n) is 7.27. The van der Waals surface area contributed by atoms with Gasteiger partial charge in [0, 0.05) is 13.2 Å². The summed E-state index contributed by atoms with van der Waals surface area (Å²) in [5.74, 6) is 0.616. The van der Waals surface area contributed by atoms with Gasteiger partial charge in [-0.05, 0) is 43.4 Å². The molecule has 2 N–H and O–H groups in total. The van der Waals surface area contributed by atoms with Crippen molar-refractivity contribution in [3.63, 3.8) is 0 Å². The van der Waals surface area contributed by atoms with Crippen molar-refractivity contribution in [1.82, 2.24) is 20.1 Å². The first-order chi connectivity index (χ1) is 10.7. The summed E-state index contributed by atoms with van der Waals surface area (Å²) in [6.07, 6.45) is 2.19.